The van der Waals surface area contributed by atoms with E-state index in [-0.39, 0.29) is 26.5 Å². The average Bonchev–Trinajstić information content (AvgIpc) is 3.26. The zero-order valence-electron chi connectivity index (χ0n) is 20.3. The standard InChI is InChI=1S/C9H13N.C9H14S.C8H11S.W/c1-9(2,3)8-5-4-6-10-7-8;1-7-5-6-10-8(7)9(2,3)4;1-8(2,3)7-5-4-6-9-7;/h4-7H,1-3H3;5-6H,1-4H3;4-5H,1-3H3;/q;;-1;. The van der Waals surface area contributed by atoms with Gasteiger partial charge < -0.3 is 0 Å². The molecule has 3 aromatic rings. The Kier molecular flexibility index (Phi) is 12.0. The van der Waals surface area contributed by atoms with Gasteiger partial charge in [0, 0.05) is 38.3 Å². The van der Waals surface area contributed by atoms with E-state index < -0.39 is 0 Å². The number of thiophene rings is 2. The van der Waals surface area contributed by atoms with Gasteiger partial charge in [0.05, 0.1) is 0 Å². The van der Waals surface area contributed by atoms with Crippen molar-refractivity contribution in [2.45, 2.75) is 85.5 Å². The first-order valence-electron chi connectivity index (χ1n) is 10.1. The van der Waals surface area contributed by atoms with Crippen molar-refractivity contribution in [1.29, 1.82) is 0 Å². The van der Waals surface area contributed by atoms with E-state index >= 15 is 0 Å². The largest absolute Gasteiger partial charge is 0.300 e. The average molecular weight is 613 g/mol. The Labute approximate surface area is 207 Å². The number of hydrogen-bond acceptors (Lipinski definition) is 3. The maximum Gasteiger partial charge on any atom is 0.0305 e. The Hall–Kier alpha value is -0.762. The summed E-state index contributed by atoms with van der Waals surface area (Å²) in [5.74, 6) is 0. The third kappa shape index (κ3) is 10.5. The Morgan fingerprint density at radius 3 is 1.70 bits per heavy atom. The van der Waals surface area contributed by atoms with Crippen molar-refractivity contribution >= 4 is 22.7 Å². The molecule has 30 heavy (non-hydrogen) atoms. The molecule has 0 aliphatic heterocycles. The van der Waals surface area contributed by atoms with Crippen LogP contribution in [0.5, 0.6) is 0 Å². The quantitative estimate of drug-likeness (QED) is 0.232. The van der Waals surface area contributed by atoms with Gasteiger partial charge in [-0.25, -0.2) is 6.07 Å². The molecule has 0 spiro atoms. The van der Waals surface area contributed by atoms with Gasteiger partial charge in [-0.3, -0.25) is 16.3 Å². The summed E-state index contributed by atoms with van der Waals surface area (Å²) in [7, 11) is 0. The van der Waals surface area contributed by atoms with E-state index in [0.717, 1.165) is 0 Å². The molecule has 0 fully saturated rings. The Morgan fingerprint density at radius 1 is 0.833 bits per heavy atom. The molecule has 0 N–H and O–H groups in total. The fraction of sp³-hybridized carbons (Fsp3) is 0.500. The minimum Gasteiger partial charge on any atom is -0.300 e. The maximum atomic E-state index is 4.05. The Bertz CT molecular complexity index is 815. The zero-order valence-corrected chi connectivity index (χ0v) is 24.9. The van der Waals surface area contributed by atoms with Gasteiger partial charge >= 0.3 is 0 Å². The second-order valence-corrected chi connectivity index (χ2v) is 12.1. The van der Waals surface area contributed by atoms with Crippen LogP contribution in [0.4, 0.5) is 0 Å². The number of aromatic nitrogens is 1. The monoisotopic (exact) mass is 612 g/mol. The third-order valence-electron chi connectivity index (χ3n) is 4.28. The molecule has 4 heteroatoms. The van der Waals surface area contributed by atoms with Crippen molar-refractivity contribution in [1.82, 2.24) is 4.98 Å². The summed E-state index contributed by atoms with van der Waals surface area (Å²) in [6, 6.07) is 10.4. The van der Waals surface area contributed by atoms with Gasteiger partial charge in [0.2, 0.25) is 0 Å². The van der Waals surface area contributed by atoms with Crippen molar-refractivity contribution in [3.05, 3.63) is 74.4 Å². The van der Waals surface area contributed by atoms with Crippen LogP contribution in [0.2, 0.25) is 0 Å². The molecule has 0 radical (unpaired) electrons. The molecule has 3 rings (SSSR count). The van der Waals surface area contributed by atoms with Crippen molar-refractivity contribution < 1.29 is 21.1 Å². The fourth-order valence-corrected chi connectivity index (χ4v) is 4.31. The van der Waals surface area contributed by atoms with Gasteiger partial charge in [-0.2, -0.15) is 6.07 Å². The van der Waals surface area contributed by atoms with Crippen LogP contribution >= 0.6 is 22.7 Å². The second-order valence-electron chi connectivity index (χ2n) is 10.3. The van der Waals surface area contributed by atoms with Gasteiger partial charge in [-0.05, 0) is 46.4 Å². The number of hydrogen-bond donors (Lipinski definition) is 0. The van der Waals surface area contributed by atoms with Crippen LogP contribution in [0, 0.1) is 12.3 Å². The van der Waals surface area contributed by atoms with E-state index in [2.05, 4.69) is 103 Å². The molecule has 166 valence electrons. The van der Waals surface area contributed by atoms with Gasteiger partial charge in [-0.1, -0.05) is 73.8 Å². The summed E-state index contributed by atoms with van der Waals surface area (Å²) in [5.41, 5.74) is 3.59. The minimum atomic E-state index is 0. The van der Waals surface area contributed by atoms with Gasteiger partial charge in [0.25, 0.3) is 0 Å². The SMILES string of the molecule is CC(C)(C)c1cc[c-]s1.CC(C)(C)c1cccnc1.Cc1ccsc1C(C)(C)C.[W]. The molecule has 0 amide bonds. The van der Waals surface area contributed by atoms with Crippen LogP contribution in [0.15, 0.2) is 48.1 Å². The zero-order chi connectivity index (χ0) is 22.3. The predicted molar refractivity (Wildman–Crippen MR) is 133 cm³/mol. The smallest absolute Gasteiger partial charge is 0.0305 e. The number of pyridine rings is 1. The molecule has 0 atom stereocenters. The van der Waals surface area contributed by atoms with E-state index in [1.54, 1.807) is 17.5 Å². The normalized spacial score (nSPS) is 11.4. The van der Waals surface area contributed by atoms with Crippen LogP contribution in [-0.2, 0) is 37.3 Å². The maximum absolute atomic E-state index is 4.05. The summed E-state index contributed by atoms with van der Waals surface area (Å²) in [5, 5.41) is 5.24. The van der Waals surface area contributed by atoms with Gasteiger partial charge in [0.1, 0.15) is 0 Å². The first kappa shape index (κ1) is 29.2. The van der Waals surface area contributed by atoms with Crippen LogP contribution in [-0.4, -0.2) is 4.98 Å². The van der Waals surface area contributed by atoms with Gasteiger partial charge in [-0.15, -0.1) is 21.6 Å². The van der Waals surface area contributed by atoms with Crippen molar-refractivity contribution in [3.8, 4) is 0 Å². The first-order chi connectivity index (χ1) is 13.2. The molecule has 0 aromatic carbocycles. The molecule has 0 aliphatic carbocycles. The van der Waals surface area contributed by atoms with Crippen LogP contribution in [0.3, 0.4) is 0 Å². The molecule has 0 bridgehead atoms. The van der Waals surface area contributed by atoms with E-state index in [1.165, 1.54) is 20.9 Å². The molecule has 1 nitrogen and oxygen atoms in total. The molecular weight excluding hydrogens is 574 g/mol. The Morgan fingerprint density at radius 2 is 1.47 bits per heavy atom. The number of nitrogens with zero attached hydrogens (tertiary/aromatic N) is 1. The molecule has 0 aliphatic rings. The minimum absolute atomic E-state index is 0. The molecule has 3 aromatic heterocycles. The van der Waals surface area contributed by atoms with Crippen molar-refractivity contribution in [2.24, 2.45) is 0 Å². The third-order valence-corrected chi connectivity index (χ3v) is 6.95. The molecule has 0 saturated heterocycles. The fourth-order valence-electron chi connectivity index (χ4n) is 2.59. The van der Waals surface area contributed by atoms with Crippen LogP contribution < -0.4 is 0 Å². The summed E-state index contributed by atoms with van der Waals surface area (Å²) in [4.78, 5) is 6.96. The van der Waals surface area contributed by atoms with Crippen LogP contribution in [0.25, 0.3) is 0 Å². The van der Waals surface area contributed by atoms with Crippen LogP contribution in [0.1, 0.15) is 83.2 Å². The first-order valence-corrected chi connectivity index (χ1v) is 11.8. The molecule has 0 saturated carbocycles. The predicted octanol–water partition coefficient (Wildman–Crippen LogP) is 8.58. The van der Waals surface area contributed by atoms with Crippen molar-refractivity contribution in [3.63, 3.8) is 0 Å². The van der Waals surface area contributed by atoms with Crippen molar-refractivity contribution in [2.75, 3.05) is 0 Å². The summed E-state index contributed by atoms with van der Waals surface area (Å²) in [6.07, 6.45) is 3.72. The Balaban J connectivity index is 0.000000414. The second kappa shape index (κ2) is 12.3. The van der Waals surface area contributed by atoms with E-state index in [0.29, 0.717) is 10.8 Å². The number of aryl methyl sites for hydroxylation is 1. The van der Waals surface area contributed by atoms with E-state index in [4.69, 9.17) is 0 Å². The van der Waals surface area contributed by atoms with E-state index in [1.807, 2.05) is 29.7 Å². The molecule has 0 unspecified atom stereocenters. The van der Waals surface area contributed by atoms with E-state index in [9.17, 15) is 0 Å². The topological polar surface area (TPSA) is 12.9 Å². The summed E-state index contributed by atoms with van der Waals surface area (Å²) in [6.45, 7) is 22.1. The molecule has 3 heterocycles. The molecular formula is C26H38NS2W-. The van der Waals surface area contributed by atoms with Gasteiger partial charge in [0.15, 0.2) is 0 Å². The summed E-state index contributed by atoms with van der Waals surface area (Å²) >= 11 is 3.56. The number of rotatable bonds is 0. The summed E-state index contributed by atoms with van der Waals surface area (Å²) < 4.78 is 0.